The molecule has 120 valence electrons. The van der Waals surface area contributed by atoms with Crippen molar-refractivity contribution in [2.75, 3.05) is 44.2 Å². The van der Waals surface area contributed by atoms with Crippen LogP contribution in [0.2, 0.25) is 0 Å². The molecule has 1 fully saturated rings. The zero-order chi connectivity index (χ0) is 15.8. The Labute approximate surface area is 136 Å². The number of aryl methyl sites for hydroxylation is 1. The lowest BCUT2D eigenvalue weighted by molar-refractivity contribution is 0.372. The number of anilines is 1. The van der Waals surface area contributed by atoms with Crippen LogP contribution in [-0.4, -0.2) is 59.5 Å². The largest absolute Gasteiger partial charge is 0.357 e. The van der Waals surface area contributed by atoms with E-state index in [4.69, 9.17) is 6.42 Å². The molecule has 0 saturated carbocycles. The molecule has 0 amide bonds. The lowest BCUT2D eigenvalue weighted by Gasteiger charge is -2.36. The fourth-order valence-electron chi connectivity index (χ4n) is 2.28. The summed E-state index contributed by atoms with van der Waals surface area (Å²) in [6, 6.07) is 0. The van der Waals surface area contributed by atoms with E-state index in [1.165, 1.54) is 11.5 Å². The Hall–Kier alpha value is -1.81. The number of hydrogen-bond donors (Lipinski definition) is 1. The predicted molar refractivity (Wildman–Crippen MR) is 92.5 cm³/mol. The summed E-state index contributed by atoms with van der Waals surface area (Å²) in [6.45, 7) is 9.46. The topological polar surface area (TPSA) is 56.7 Å². The Bertz CT molecular complexity index is 524. The monoisotopic (exact) mass is 320 g/mol. The average molecular weight is 320 g/mol. The average Bonchev–Trinajstić information content (AvgIpc) is 3.03. The van der Waals surface area contributed by atoms with Crippen molar-refractivity contribution in [1.29, 1.82) is 0 Å². The summed E-state index contributed by atoms with van der Waals surface area (Å²) in [5, 5.41) is 4.38. The number of piperazine rings is 1. The van der Waals surface area contributed by atoms with Gasteiger partial charge >= 0.3 is 0 Å². The van der Waals surface area contributed by atoms with Crippen LogP contribution in [0.1, 0.15) is 26.1 Å². The maximum absolute atomic E-state index is 5.29. The van der Waals surface area contributed by atoms with Crippen LogP contribution in [-0.2, 0) is 6.42 Å². The Morgan fingerprint density at radius 2 is 2.14 bits per heavy atom. The van der Waals surface area contributed by atoms with Gasteiger partial charge in [-0.2, -0.15) is 4.37 Å². The van der Waals surface area contributed by atoms with Gasteiger partial charge in [-0.15, -0.1) is 12.3 Å². The van der Waals surface area contributed by atoms with E-state index in [0.29, 0.717) is 13.0 Å². The maximum Gasteiger partial charge on any atom is 0.205 e. The molecule has 1 aromatic rings. The quantitative estimate of drug-likeness (QED) is 0.382. The molecule has 1 aliphatic heterocycles. The highest BCUT2D eigenvalue weighted by Gasteiger charge is 2.21. The smallest absolute Gasteiger partial charge is 0.205 e. The molecule has 0 unspecified atom stereocenters. The fraction of sp³-hybridized carbons (Fsp3) is 0.667. The van der Waals surface area contributed by atoms with Gasteiger partial charge in [-0.3, -0.25) is 4.99 Å². The van der Waals surface area contributed by atoms with Gasteiger partial charge in [-0.25, -0.2) is 4.98 Å². The normalized spacial score (nSPS) is 15.8. The van der Waals surface area contributed by atoms with Crippen molar-refractivity contribution in [3.63, 3.8) is 0 Å². The molecule has 0 aromatic carbocycles. The number of rotatable bonds is 5. The van der Waals surface area contributed by atoms with Gasteiger partial charge in [0.25, 0.3) is 0 Å². The van der Waals surface area contributed by atoms with Crippen molar-refractivity contribution in [3.05, 3.63) is 5.82 Å². The fourth-order valence-corrected chi connectivity index (χ4v) is 3.08. The number of terminal acetylenes is 1. The highest BCUT2D eigenvalue weighted by atomic mass is 32.1. The third-order valence-corrected chi connectivity index (χ3v) is 4.29. The lowest BCUT2D eigenvalue weighted by atomic mass is 10.3. The van der Waals surface area contributed by atoms with E-state index in [1.807, 2.05) is 0 Å². The zero-order valence-electron chi connectivity index (χ0n) is 13.4. The highest BCUT2D eigenvalue weighted by Crippen LogP contribution is 2.19. The van der Waals surface area contributed by atoms with E-state index in [9.17, 15) is 0 Å². The van der Waals surface area contributed by atoms with Crippen LogP contribution in [0.25, 0.3) is 0 Å². The van der Waals surface area contributed by atoms with Crippen molar-refractivity contribution in [3.8, 4) is 12.3 Å². The van der Waals surface area contributed by atoms with Crippen LogP contribution in [0.4, 0.5) is 5.13 Å². The maximum atomic E-state index is 5.29. The van der Waals surface area contributed by atoms with Crippen LogP contribution in [0.3, 0.4) is 0 Å². The van der Waals surface area contributed by atoms with Gasteiger partial charge in [-0.1, -0.05) is 6.92 Å². The molecule has 0 radical (unpaired) electrons. The first kappa shape index (κ1) is 16.6. The molecular formula is C15H24N6S. The van der Waals surface area contributed by atoms with E-state index in [0.717, 1.165) is 56.1 Å². The first-order chi connectivity index (χ1) is 10.8. The summed E-state index contributed by atoms with van der Waals surface area (Å²) in [6.07, 6.45) is 6.86. The van der Waals surface area contributed by atoms with Crippen molar-refractivity contribution in [1.82, 2.24) is 19.6 Å². The van der Waals surface area contributed by atoms with Gasteiger partial charge in [0.05, 0.1) is 6.54 Å². The summed E-state index contributed by atoms with van der Waals surface area (Å²) in [5.41, 5.74) is 0. The van der Waals surface area contributed by atoms with Gasteiger partial charge in [0.2, 0.25) is 5.13 Å². The Balaban J connectivity index is 1.91. The van der Waals surface area contributed by atoms with Crippen LogP contribution in [0.15, 0.2) is 4.99 Å². The number of aliphatic imine (C=N–C) groups is 1. The minimum Gasteiger partial charge on any atom is -0.357 e. The second kappa shape index (κ2) is 8.59. The Morgan fingerprint density at radius 1 is 1.36 bits per heavy atom. The molecule has 6 nitrogen and oxygen atoms in total. The predicted octanol–water partition coefficient (Wildman–Crippen LogP) is 1.21. The first-order valence-electron chi connectivity index (χ1n) is 7.82. The third kappa shape index (κ3) is 4.34. The molecule has 0 aliphatic carbocycles. The molecule has 7 heteroatoms. The summed E-state index contributed by atoms with van der Waals surface area (Å²) >= 11 is 1.50. The van der Waals surface area contributed by atoms with Crippen molar-refractivity contribution >= 4 is 22.6 Å². The van der Waals surface area contributed by atoms with Gasteiger partial charge in [0.1, 0.15) is 5.82 Å². The standard InChI is InChI=1S/C15H24N6S/c1-4-7-8-17-14(16-6-3)20-9-11-21(12-10-20)15-18-13(5-2)19-22-15/h1H,5-12H2,2-3H3,(H,16,17). The van der Waals surface area contributed by atoms with Crippen molar-refractivity contribution in [2.45, 2.75) is 26.7 Å². The highest BCUT2D eigenvalue weighted by molar-refractivity contribution is 7.09. The lowest BCUT2D eigenvalue weighted by Crippen LogP contribution is -2.52. The van der Waals surface area contributed by atoms with Crippen molar-refractivity contribution in [2.24, 2.45) is 4.99 Å². The summed E-state index contributed by atoms with van der Waals surface area (Å²) in [5.74, 6) is 4.53. The molecular weight excluding hydrogens is 296 g/mol. The van der Waals surface area contributed by atoms with Crippen LogP contribution in [0, 0.1) is 12.3 Å². The molecule has 1 aliphatic rings. The van der Waals surface area contributed by atoms with E-state index < -0.39 is 0 Å². The summed E-state index contributed by atoms with van der Waals surface area (Å²) in [4.78, 5) is 13.7. The van der Waals surface area contributed by atoms with Gasteiger partial charge in [0.15, 0.2) is 5.96 Å². The molecule has 1 saturated heterocycles. The van der Waals surface area contributed by atoms with Crippen molar-refractivity contribution < 1.29 is 0 Å². The van der Waals surface area contributed by atoms with Crippen LogP contribution < -0.4 is 10.2 Å². The molecule has 0 atom stereocenters. The van der Waals surface area contributed by atoms with Crippen LogP contribution in [0.5, 0.6) is 0 Å². The SMILES string of the molecule is C#CCCN=C(NCC)N1CCN(c2nc(CC)ns2)CC1. The van der Waals surface area contributed by atoms with Gasteiger partial charge in [-0.05, 0) is 6.92 Å². The van der Waals surface area contributed by atoms with Crippen LogP contribution >= 0.6 is 11.5 Å². The molecule has 2 rings (SSSR count). The van der Waals surface area contributed by atoms with Gasteiger partial charge in [0, 0.05) is 57.1 Å². The Morgan fingerprint density at radius 3 is 2.73 bits per heavy atom. The molecule has 0 bridgehead atoms. The summed E-state index contributed by atoms with van der Waals surface area (Å²) < 4.78 is 4.36. The van der Waals surface area contributed by atoms with E-state index in [1.54, 1.807) is 0 Å². The second-order valence-electron chi connectivity index (χ2n) is 5.01. The number of guanidine groups is 1. The number of nitrogens with zero attached hydrogens (tertiary/aromatic N) is 5. The molecule has 1 N–H and O–H groups in total. The first-order valence-corrected chi connectivity index (χ1v) is 8.60. The number of nitrogens with one attached hydrogen (secondary N) is 1. The number of hydrogen-bond acceptors (Lipinski definition) is 5. The minimum atomic E-state index is 0.676. The molecule has 22 heavy (non-hydrogen) atoms. The Kier molecular flexibility index (Phi) is 6.46. The zero-order valence-corrected chi connectivity index (χ0v) is 14.2. The van der Waals surface area contributed by atoms with E-state index in [2.05, 4.69) is 49.2 Å². The molecule has 1 aromatic heterocycles. The number of aromatic nitrogens is 2. The summed E-state index contributed by atoms with van der Waals surface area (Å²) in [7, 11) is 0. The second-order valence-corrected chi connectivity index (χ2v) is 5.74. The van der Waals surface area contributed by atoms with E-state index >= 15 is 0 Å². The van der Waals surface area contributed by atoms with Gasteiger partial charge < -0.3 is 15.1 Å². The third-order valence-electron chi connectivity index (χ3n) is 3.48. The minimum absolute atomic E-state index is 0.676. The molecule has 2 heterocycles. The van der Waals surface area contributed by atoms with E-state index in [-0.39, 0.29) is 0 Å². The molecule has 0 spiro atoms.